The molecule has 1 aromatic rings. The lowest BCUT2D eigenvalue weighted by atomic mass is 10.2. The maximum absolute atomic E-state index is 4.94. The van der Waals surface area contributed by atoms with Crippen molar-refractivity contribution < 1.29 is 4.42 Å². The van der Waals surface area contributed by atoms with Gasteiger partial charge in [-0.05, 0) is 19.4 Å². The molecular weight excluding hydrogens is 140 g/mol. The van der Waals surface area contributed by atoms with E-state index in [1.807, 2.05) is 0 Å². The van der Waals surface area contributed by atoms with Crippen LogP contribution in [0, 0.1) is 0 Å². The van der Waals surface area contributed by atoms with E-state index in [-0.39, 0.29) is 5.54 Å². The molecule has 0 aliphatic heterocycles. The average molecular weight is 152 g/mol. The average Bonchev–Trinajstić information content (AvgIpc) is 2.63. The molecule has 1 heterocycles. The van der Waals surface area contributed by atoms with Gasteiger partial charge in [0, 0.05) is 0 Å². The SMILES string of the molecule is CCNC1(c2cocn2)CC1. The fourth-order valence-corrected chi connectivity index (χ4v) is 1.44. The molecule has 3 heteroatoms. The van der Waals surface area contributed by atoms with Gasteiger partial charge in [-0.2, -0.15) is 0 Å². The Labute approximate surface area is 65.8 Å². The molecule has 1 saturated carbocycles. The lowest BCUT2D eigenvalue weighted by Gasteiger charge is -2.11. The molecule has 3 nitrogen and oxygen atoms in total. The highest BCUT2D eigenvalue weighted by molar-refractivity contribution is 5.19. The van der Waals surface area contributed by atoms with Gasteiger partial charge in [-0.15, -0.1) is 0 Å². The van der Waals surface area contributed by atoms with Crippen molar-refractivity contribution in [2.24, 2.45) is 0 Å². The van der Waals surface area contributed by atoms with Gasteiger partial charge < -0.3 is 9.73 Å². The summed E-state index contributed by atoms with van der Waals surface area (Å²) in [6, 6.07) is 0. The standard InChI is InChI=1S/C8H12N2O/c1-2-10-8(3-4-8)7-5-11-6-9-7/h5-6,10H,2-4H2,1H3. The third-order valence-electron chi connectivity index (χ3n) is 2.19. The van der Waals surface area contributed by atoms with Crippen LogP contribution in [-0.4, -0.2) is 11.5 Å². The van der Waals surface area contributed by atoms with Crippen molar-refractivity contribution in [3.05, 3.63) is 18.4 Å². The topological polar surface area (TPSA) is 38.1 Å². The summed E-state index contributed by atoms with van der Waals surface area (Å²) in [6.45, 7) is 3.10. The second-order valence-corrected chi connectivity index (χ2v) is 2.99. The van der Waals surface area contributed by atoms with Gasteiger partial charge in [0.05, 0.1) is 11.2 Å². The van der Waals surface area contributed by atoms with E-state index >= 15 is 0 Å². The second-order valence-electron chi connectivity index (χ2n) is 2.99. The zero-order chi connectivity index (χ0) is 7.73. The van der Waals surface area contributed by atoms with Crippen LogP contribution in [0.3, 0.4) is 0 Å². The maximum Gasteiger partial charge on any atom is 0.180 e. The first kappa shape index (κ1) is 6.85. The van der Waals surface area contributed by atoms with E-state index in [0.717, 1.165) is 12.2 Å². The van der Waals surface area contributed by atoms with Crippen molar-refractivity contribution in [3.63, 3.8) is 0 Å². The summed E-state index contributed by atoms with van der Waals surface area (Å²) in [6.07, 6.45) is 5.60. The fourth-order valence-electron chi connectivity index (χ4n) is 1.44. The van der Waals surface area contributed by atoms with E-state index in [1.54, 1.807) is 6.26 Å². The van der Waals surface area contributed by atoms with Gasteiger partial charge in [0.25, 0.3) is 0 Å². The Morgan fingerprint density at radius 1 is 1.73 bits per heavy atom. The minimum atomic E-state index is 0.168. The first-order valence-electron chi connectivity index (χ1n) is 4.01. The molecule has 1 aliphatic carbocycles. The Balaban J connectivity index is 2.15. The van der Waals surface area contributed by atoms with Crippen molar-refractivity contribution in [3.8, 4) is 0 Å². The normalized spacial score (nSPS) is 20.1. The predicted molar refractivity (Wildman–Crippen MR) is 41.1 cm³/mol. The minimum Gasteiger partial charge on any atom is -0.451 e. The van der Waals surface area contributed by atoms with Gasteiger partial charge in [-0.1, -0.05) is 6.92 Å². The molecule has 1 N–H and O–H groups in total. The van der Waals surface area contributed by atoms with E-state index in [4.69, 9.17) is 4.42 Å². The maximum atomic E-state index is 4.94. The largest absolute Gasteiger partial charge is 0.451 e. The second kappa shape index (κ2) is 2.34. The zero-order valence-electron chi connectivity index (χ0n) is 6.63. The number of nitrogens with one attached hydrogen (secondary N) is 1. The fraction of sp³-hybridized carbons (Fsp3) is 0.625. The predicted octanol–water partition coefficient (Wildman–Crippen LogP) is 1.27. The van der Waals surface area contributed by atoms with E-state index in [0.29, 0.717) is 0 Å². The number of hydrogen-bond acceptors (Lipinski definition) is 3. The van der Waals surface area contributed by atoms with Crippen molar-refractivity contribution in [2.45, 2.75) is 25.3 Å². The number of oxazole rings is 1. The highest BCUT2D eigenvalue weighted by Crippen LogP contribution is 2.44. The van der Waals surface area contributed by atoms with Gasteiger partial charge in [0.15, 0.2) is 6.39 Å². The van der Waals surface area contributed by atoms with Crippen LogP contribution in [0.4, 0.5) is 0 Å². The van der Waals surface area contributed by atoms with Crippen molar-refractivity contribution in [1.82, 2.24) is 10.3 Å². The van der Waals surface area contributed by atoms with E-state index in [1.165, 1.54) is 19.2 Å². The summed E-state index contributed by atoms with van der Waals surface area (Å²) in [5, 5.41) is 3.41. The molecular formula is C8H12N2O. The third-order valence-corrected chi connectivity index (χ3v) is 2.19. The van der Waals surface area contributed by atoms with Gasteiger partial charge in [0.1, 0.15) is 6.26 Å². The number of rotatable bonds is 3. The molecule has 11 heavy (non-hydrogen) atoms. The first-order chi connectivity index (χ1) is 5.37. The minimum absolute atomic E-state index is 0.168. The highest BCUT2D eigenvalue weighted by Gasteiger charge is 2.45. The van der Waals surface area contributed by atoms with Crippen molar-refractivity contribution >= 4 is 0 Å². The Morgan fingerprint density at radius 3 is 3.00 bits per heavy atom. The van der Waals surface area contributed by atoms with Crippen LogP contribution in [-0.2, 0) is 5.54 Å². The molecule has 0 saturated heterocycles. The van der Waals surface area contributed by atoms with E-state index in [9.17, 15) is 0 Å². The van der Waals surface area contributed by atoms with E-state index in [2.05, 4.69) is 17.2 Å². The van der Waals surface area contributed by atoms with Crippen LogP contribution < -0.4 is 5.32 Å². The molecule has 60 valence electrons. The quantitative estimate of drug-likeness (QED) is 0.708. The summed E-state index contributed by atoms with van der Waals surface area (Å²) in [5.41, 5.74) is 1.22. The third kappa shape index (κ3) is 1.05. The van der Waals surface area contributed by atoms with Crippen LogP contribution in [0.2, 0.25) is 0 Å². The summed E-state index contributed by atoms with van der Waals surface area (Å²) in [7, 11) is 0. The van der Waals surface area contributed by atoms with Crippen LogP contribution in [0.25, 0.3) is 0 Å². The Hall–Kier alpha value is -0.830. The van der Waals surface area contributed by atoms with Crippen LogP contribution >= 0.6 is 0 Å². The van der Waals surface area contributed by atoms with Crippen LogP contribution in [0.5, 0.6) is 0 Å². The van der Waals surface area contributed by atoms with E-state index < -0.39 is 0 Å². The first-order valence-corrected chi connectivity index (χ1v) is 4.01. The van der Waals surface area contributed by atoms with Crippen LogP contribution in [0.1, 0.15) is 25.5 Å². The van der Waals surface area contributed by atoms with Crippen LogP contribution in [0.15, 0.2) is 17.1 Å². The van der Waals surface area contributed by atoms with Crippen molar-refractivity contribution in [1.29, 1.82) is 0 Å². The summed E-state index contributed by atoms with van der Waals surface area (Å²) >= 11 is 0. The monoisotopic (exact) mass is 152 g/mol. The molecule has 0 atom stereocenters. The number of nitrogens with zero attached hydrogens (tertiary/aromatic N) is 1. The number of aromatic nitrogens is 1. The lowest BCUT2D eigenvalue weighted by molar-refractivity contribution is 0.514. The molecule has 1 aromatic heterocycles. The Morgan fingerprint density at radius 2 is 2.55 bits per heavy atom. The molecule has 0 spiro atoms. The molecule has 0 radical (unpaired) electrons. The lowest BCUT2D eigenvalue weighted by Crippen LogP contribution is -2.28. The highest BCUT2D eigenvalue weighted by atomic mass is 16.3. The molecule has 0 unspecified atom stereocenters. The summed E-state index contributed by atoms with van der Waals surface area (Å²) in [4.78, 5) is 4.14. The molecule has 0 aromatic carbocycles. The molecule has 1 aliphatic rings. The van der Waals surface area contributed by atoms with Gasteiger partial charge in [0.2, 0.25) is 0 Å². The smallest absolute Gasteiger partial charge is 0.180 e. The zero-order valence-corrected chi connectivity index (χ0v) is 6.63. The number of hydrogen-bond donors (Lipinski definition) is 1. The summed E-state index contributed by atoms with van der Waals surface area (Å²) < 4.78 is 4.94. The molecule has 1 fully saturated rings. The molecule has 2 rings (SSSR count). The molecule has 0 amide bonds. The van der Waals surface area contributed by atoms with Gasteiger partial charge in [-0.25, -0.2) is 4.98 Å². The Kier molecular flexibility index (Phi) is 1.46. The summed E-state index contributed by atoms with van der Waals surface area (Å²) in [5.74, 6) is 0. The Bertz CT molecular complexity index is 226. The van der Waals surface area contributed by atoms with Gasteiger partial charge >= 0.3 is 0 Å². The van der Waals surface area contributed by atoms with Crippen molar-refractivity contribution in [2.75, 3.05) is 6.54 Å². The van der Waals surface area contributed by atoms with Gasteiger partial charge in [-0.3, -0.25) is 0 Å². The molecule has 0 bridgehead atoms.